The number of hydrogen-bond donors (Lipinski definition) is 13. The molecular formula is C37H65N9O14. The average Bonchev–Trinajstić information content (AvgIpc) is 3.16. The van der Waals surface area contributed by atoms with Gasteiger partial charge in [-0.3, -0.25) is 43.2 Å². The third-order valence-electron chi connectivity index (χ3n) is 9.20. The van der Waals surface area contributed by atoms with Crippen molar-refractivity contribution in [2.45, 2.75) is 147 Å². The maximum atomic E-state index is 13.7. The standard InChI is InChI=1S/C37H65N9O14/c1-19(2)29(35(57)43-23(11-14-26(47)48)33(55)44-25(37(59)60)13-16-28(51)52)46-36(58)30(20(3)4)45-34(56)24(12-15-27(49)50)42-32(54)22(10-6-8-18-39)41-31(53)21(40)9-5-7-17-38/h19-25,29-30H,5-18,38-40H2,1-4H3,(H,41,53)(H,42,54)(H,43,57)(H,44,55)(H,45,56)(H,46,58)(H,47,48)(H,49,50)(H,51,52)(H,59,60). The lowest BCUT2D eigenvalue weighted by atomic mass is 9.98. The molecule has 0 aliphatic heterocycles. The van der Waals surface area contributed by atoms with Crippen LogP contribution >= 0.6 is 0 Å². The molecule has 6 amide bonds. The maximum Gasteiger partial charge on any atom is 0.326 e. The van der Waals surface area contributed by atoms with Gasteiger partial charge in [-0.2, -0.15) is 0 Å². The third-order valence-corrected chi connectivity index (χ3v) is 9.20. The van der Waals surface area contributed by atoms with E-state index in [-0.39, 0.29) is 6.42 Å². The Bertz CT molecular complexity index is 1480. The zero-order chi connectivity index (χ0) is 46.1. The number of aliphatic carboxylic acids is 4. The van der Waals surface area contributed by atoms with Crippen LogP contribution in [0.4, 0.5) is 0 Å². The van der Waals surface area contributed by atoms with Crippen molar-refractivity contribution >= 4 is 59.3 Å². The van der Waals surface area contributed by atoms with E-state index in [1.165, 1.54) is 13.8 Å². The van der Waals surface area contributed by atoms with E-state index >= 15 is 0 Å². The molecule has 0 aromatic rings. The van der Waals surface area contributed by atoms with E-state index in [2.05, 4.69) is 31.9 Å². The van der Waals surface area contributed by atoms with Crippen LogP contribution in [0.1, 0.15) is 105 Å². The number of carbonyl (C=O) groups excluding carboxylic acids is 6. The summed E-state index contributed by atoms with van der Waals surface area (Å²) in [7, 11) is 0. The van der Waals surface area contributed by atoms with Crippen molar-refractivity contribution in [2.24, 2.45) is 29.0 Å². The van der Waals surface area contributed by atoms with Crippen molar-refractivity contribution in [3.8, 4) is 0 Å². The molecule has 0 rings (SSSR count). The molecule has 0 radical (unpaired) electrons. The van der Waals surface area contributed by atoms with Gasteiger partial charge in [0.05, 0.1) is 6.04 Å². The summed E-state index contributed by atoms with van der Waals surface area (Å²) in [6, 6.07) is -9.78. The summed E-state index contributed by atoms with van der Waals surface area (Å²) < 4.78 is 0. The second kappa shape index (κ2) is 28.9. The van der Waals surface area contributed by atoms with Crippen molar-refractivity contribution in [3.63, 3.8) is 0 Å². The molecule has 342 valence electrons. The van der Waals surface area contributed by atoms with E-state index in [0.717, 1.165) is 0 Å². The van der Waals surface area contributed by atoms with Crippen LogP contribution in [0.25, 0.3) is 0 Å². The highest BCUT2D eigenvalue weighted by molar-refractivity contribution is 5.97. The second-order valence-electron chi connectivity index (χ2n) is 15.0. The Hall–Kier alpha value is -5.42. The molecule has 60 heavy (non-hydrogen) atoms. The Labute approximate surface area is 348 Å². The Morgan fingerprint density at radius 3 is 1.13 bits per heavy atom. The fourth-order valence-corrected chi connectivity index (χ4v) is 5.65. The predicted molar refractivity (Wildman–Crippen MR) is 213 cm³/mol. The Morgan fingerprint density at radius 2 is 0.733 bits per heavy atom. The van der Waals surface area contributed by atoms with Gasteiger partial charge in [0.15, 0.2) is 0 Å². The SMILES string of the molecule is CC(C)C(NC(=O)C(CCC(=O)O)NC(=O)C(CCCCN)NC(=O)C(N)CCCCN)C(=O)NC(C(=O)NC(CCC(=O)O)C(=O)NC(CCC(=O)O)C(=O)O)C(C)C. The van der Waals surface area contributed by atoms with Crippen LogP contribution in [-0.4, -0.2) is 135 Å². The molecule has 16 N–H and O–H groups in total. The molecule has 0 heterocycles. The summed E-state index contributed by atoms with van der Waals surface area (Å²) in [6.45, 7) is 6.86. The largest absolute Gasteiger partial charge is 0.481 e. The highest BCUT2D eigenvalue weighted by Gasteiger charge is 2.36. The molecule has 0 aliphatic carbocycles. The Morgan fingerprint density at radius 1 is 0.417 bits per heavy atom. The predicted octanol–water partition coefficient (Wildman–Crippen LogP) is -2.53. The zero-order valence-corrected chi connectivity index (χ0v) is 34.7. The van der Waals surface area contributed by atoms with E-state index in [4.69, 9.17) is 22.3 Å². The van der Waals surface area contributed by atoms with Crippen LogP contribution < -0.4 is 49.1 Å². The molecular weight excluding hydrogens is 794 g/mol. The fraction of sp³-hybridized carbons (Fsp3) is 0.730. The number of rotatable bonds is 32. The van der Waals surface area contributed by atoms with Gasteiger partial charge in [-0.1, -0.05) is 34.1 Å². The summed E-state index contributed by atoms with van der Waals surface area (Å²) in [5.41, 5.74) is 17.1. The molecule has 0 spiro atoms. The number of carboxylic acids is 4. The molecule has 0 fully saturated rings. The van der Waals surface area contributed by atoms with Gasteiger partial charge in [0.25, 0.3) is 0 Å². The lowest BCUT2D eigenvalue weighted by Crippen LogP contribution is -2.61. The van der Waals surface area contributed by atoms with Crippen molar-refractivity contribution in [1.82, 2.24) is 31.9 Å². The van der Waals surface area contributed by atoms with E-state index in [0.29, 0.717) is 45.2 Å². The number of carbonyl (C=O) groups is 10. The van der Waals surface area contributed by atoms with Crippen LogP contribution in [0.3, 0.4) is 0 Å². The van der Waals surface area contributed by atoms with Gasteiger partial charge in [-0.05, 0) is 76.3 Å². The smallest absolute Gasteiger partial charge is 0.326 e. The minimum absolute atomic E-state index is 0.108. The molecule has 0 aromatic heterocycles. The summed E-state index contributed by atoms with van der Waals surface area (Å²) in [5, 5.41) is 51.5. The number of hydrogen-bond acceptors (Lipinski definition) is 13. The molecule has 0 saturated carbocycles. The first-order chi connectivity index (χ1) is 28.0. The molecule has 0 bridgehead atoms. The monoisotopic (exact) mass is 859 g/mol. The minimum Gasteiger partial charge on any atom is -0.481 e. The van der Waals surface area contributed by atoms with Gasteiger partial charge in [0.1, 0.15) is 36.3 Å². The normalized spacial score (nSPS) is 14.6. The fourth-order valence-electron chi connectivity index (χ4n) is 5.65. The number of nitrogens with one attached hydrogen (secondary N) is 6. The highest BCUT2D eigenvalue weighted by Crippen LogP contribution is 2.11. The van der Waals surface area contributed by atoms with Crippen LogP contribution in [0.15, 0.2) is 0 Å². The van der Waals surface area contributed by atoms with E-state index < -0.39 is 152 Å². The number of amides is 6. The molecule has 23 heteroatoms. The van der Waals surface area contributed by atoms with Crippen molar-refractivity contribution in [1.29, 1.82) is 0 Å². The highest BCUT2D eigenvalue weighted by atomic mass is 16.4. The summed E-state index contributed by atoms with van der Waals surface area (Å²) in [5.74, 6) is -12.3. The molecule has 0 aliphatic rings. The molecule has 7 unspecified atom stereocenters. The molecule has 0 saturated heterocycles. The Balaban J connectivity index is 6.29. The van der Waals surface area contributed by atoms with Crippen LogP contribution in [0.5, 0.6) is 0 Å². The number of nitrogens with two attached hydrogens (primary N) is 3. The maximum absolute atomic E-state index is 13.7. The third kappa shape index (κ3) is 22.1. The van der Waals surface area contributed by atoms with Gasteiger partial charge >= 0.3 is 23.9 Å². The molecule has 23 nitrogen and oxygen atoms in total. The van der Waals surface area contributed by atoms with Gasteiger partial charge in [-0.15, -0.1) is 0 Å². The minimum atomic E-state index is -1.69. The van der Waals surface area contributed by atoms with E-state index in [1.54, 1.807) is 13.8 Å². The lowest BCUT2D eigenvalue weighted by Gasteiger charge is -2.30. The summed E-state index contributed by atoms with van der Waals surface area (Å²) >= 11 is 0. The number of unbranched alkanes of at least 4 members (excludes halogenated alkanes) is 2. The zero-order valence-electron chi connectivity index (χ0n) is 34.7. The Kier molecular flexibility index (Phi) is 26.3. The average molecular weight is 860 g/mol. The quantitative estimate of drug-likeness (QED) is 0.0310. The van der Waals surface area contributed by atoms with Crippen molar-refractivity contribution in [3.05, 3.63) is 0 Å². The van der Waals surface area contributed by atoms with E-state index in [9.17, 15) is 63.3 Å². The van der Waals surface area contributed by atoms with Gasteiger partial charge in [0, 0.05) is 19.3 Å². The topological polar surface area (TPSA) is 402 Å². The lowest BCUT2D eigenvalue weighted by molar-refractivity contribution is -0.144. The first-order valence-electron chi connectivity index (χ1n) is 19.9. The van der Waals surface area contributed by atoms with Crippen LogP contribution in [0, 0.1) is 11.8 Å². The number of carboxylic acid groups (broad SMARTS) is 4. The van der Waals surface area contributed by atoms with Crippen LogP contribution in [0.2, 0.25) is 0 Å². The van der Waals surface area contributed by atoms with E-state index in [1.807, 2.05) is 0 Å². The summed E-state index contributed by atoms with van der Waals surface area (Å²) in [6.07, 6.45) is -0.774. The van der Waals surface area contributed by atoms with Gasteiger partial charge in [-0.25, -0.2) is 4.79 Å². The van der Waals surface area contributed by atoms with Crippen molar-refractivity contribution < 1.29 is 68.4 Å². The van der Waals surface area contributed by atoms with Crippen LogP contribution in [-0.2, 0) is 47.9 Å². The molecule has 0 aromatic carbocycles. The van der Waals surface area contributed by atoms with Crippen molar-refractivity contribution in [2.75, 3.05) is 13.1 Å². The van der Waals surface area contributed by atoms with Gasteiger partial charge < -0.3 is 69.5 Å². The first-order valence-corrected chi connectivity index (χ1v) is 19.9. The molecule has 7 atom stereocenters. The van der Waals surface area contributed by atoms with Gasteiger partial charge in [0.2, 0.25) is 35.4 Å². The summed E-state index contributed by atoms with van der Waals surface area (Å²) in [4.78, 5) is 126. The second-order valence-corrected chi connectivity index (χ2v) is 15.0. The first kappa shape index (κ1) is 54.6.